The molecule has 0 atom stereocenters. The van der Waals surface area contributed by atoms with E-state index in [1.807, 2.05) is 6.92 Å². The number of ether oxygens (including phenoxy) is 1. The maximum absolute atomic E-state index is 12.1. The summed E-state index contributed by atoms with van der Waals surface area (Å²) >= 11 is 0. The molecule has 0 bridgehead atoms. The van der Waals surface area contributed by atoms with E-state index in [1.54, 1.807) is 36.4 Å². The van der Waals surface area contributed by atoms with Crippen LogP contribution in [-0.4, -0.2) is 29.9 Å². The quantitative estimate of drug-likeness (QED) is 0.852. The number of hydrogen-bond donors (Lipinski definition) is 1. The van der Waals surface area contributed by atoms with Crippen LogP contribution in [0.15, 0.2) is 47.1 Å². The Bertz CT molecular complexity index is 635. The van der Waals surface area contributed by atoms with Gasteiger partial charge in [0.05, 0.1) is 19.4 Å². The summed E-state index contributed by atoms with van der Waals surface area (Å²) in [5.74, 6) is 0.918. The number of benzene rings is 1. The number of nitrogens with one attached hydrogen (secondary N) is 1. The van der Waals surface area contributed by atoms with Crippen molar-refractivity contribution in [2.45, 2.75) is 20.4 Å². The van der Waals surface area contributed by atoms with E-state index in [0.717, 1.165) is 5.75 Å². The molecule has 6 nitrogen and oxygen atoms in total. The topological polar surface area (TPSA) is 71.8 Å². The van der Waals surface area contributed by atoms with Crippen molar-refractivity contribution in [2.75, 3.05) is 18.5 Å². The number of hydrogen-bond acceptors (Lipinski definition) is 4. The van der Waals surface area contributed by atoms with Crippen LogP contribution in [0.1, 0.15) is 19.6 Å². The van der Waals surface area contributed by atoms with Gasteiger partial charge in [0, 0.05) is 12.6 Å². The van der Waals surface area contributed by atoms with E-state index in [0.29, 0.717) is 18.1 Å². The summed E-state index contributed by atoms with van der Waals surface area (Å²) in [7, 11) is 0. The van der Waals surface area contributed by atoms with E-state index in [2.05, 4.69) is 5.32 Å². The molecule has 0 unspecified atom stereocenters. The normalized spacial score (nSPS) is 10.2. The van der Waals surface area contributed by atoms with E-state index < -0.39 is 0 Å². The molecule has 6 heteroatoms. The Kier molecular flexibility index (Phi) is 5.80. The van der Waals surface area contributed by atoms with Crippen molar-refractivity contribution in [3.63, 3.8) is 0 Å². The first kappa shape index (κ1) is 16.6. The highest BCUT2D eigenvalue weighted by molar-refractivity contribution is 5.94. The van der Waals surface area contributed by atoms with Gasteiger partial charge in [-0.15, -0.1) is 0 Å². The minimum atomic E-state index is -0.268. The van der Waals surface area contributed by atoms with Gasteiger partial charge in [0.2, 0.25) is 11.8 Å². The van der Waals surface area contributed by atoms with E-state index in [4.69, 9.17) is 9.15 Å². The lowest BCUT2D eigenvalue weighted by molar-refractivity contribution is -0.133. The van der Waals surface area contributed by atoms with Gasteiger partial charge in [-0.05, 0) is 43.3 Å². The fourth-order valence-corrected chi connectivity index (χ4v) is 2.04. The molecule has 2 amide bonds. The molecule has 122 valence electrons. The third-order valence-electron chi connectivity index (χ3n) is 3.16. The van der Waals surface area contributed by atoms with Crippen LogP contribution in [0.25, 0.3) is 0 Å². The van der Waals surface area contributed by atoms with Gasteiger partial charge in [-0.1, -0.05) is 0 Å². The van der Waals surface area contributed by atoms with Gasteiger partial charge in [0.25, 0.3) is 0 Å². The molecule has 1 aromatic heterocycles. The average Bonchev–Trinajstić information content (AvgIpc) is 3.02. The van der Waals surface area contributed by atoms with Crippen LogP contribution in [0.2, 0.25) is 0 Å². The Morgan fingerprint density at radius 3 is 2.52 bits per heavy atom. The maximum atomic E-state index is 12.1. The third-order valence-corrected chi connectivity index (χ3v) is 3.16. The number of rotatable bonds is 7. The molecule has 0 radical (unpaired) electrons. The molecule has 0 aliphatic heterocycles. The molecular formula is C17H20N2O4. The van der Waals surface area contributed by atoms with Crippen molar-refractivity contribution in [1.82, 2.24) is 4.90 Å². The fourth-order valence-electron chi connectivity index (χ4n) is 2.04. The Morgan fingerprint density at radius 2 is 1.96 bits per heavy atom. The standard InChI is InChI=1S/C17H20N2O4/c1-3-22-15-8-6-14(7-9-15)18-17(21)12-19(13(2)20)11-16-5-4-10-23-16/h4-10H,3,11-12H2,1-2H3,(H,18,21). The Morgan fingerprint density at radius 1 is 1.22 bits per heavy atom. The summed E-state index contributed by atoms with van der Waals surface area (Å²) in [5, 5.41) is 2.76. The fraction of sp³-hybridized carbons (Fsp3) is 0.294. The predicted octanol–water partition coefficient (Wildman–Crippen LogP) is 2.67. The van der Waals surface area contributed by atoms with E-state index in [-0.39, 0.29) is 24.9 Å². The molecule has 1 aromatic carbocycles. The number of anilines is 1. The largest absolute Gasteiger partial charge is 0.494 e. The van der Waals surface area contributed by atoms with Gasteiger partial charge in [-0.2, -0.15) is 0 Å². The summed E-state index contributed by atoms with van der Waals surface area (Å²) in [5.41, 5.74) is 0.653. The van der Waals surface area contributed by atoms with Crippen LogP contribution in [-0.2, 0) is 16.1 Å². The molecule has 23 heavy (non-hydrogen) atoms. The second kappa shape index (κ2) is 8.03. The Labute approximate surface area is 135 Å². The first-order valence-corrected chi connectivity index (χ1v) is 7.39. The highest BCUT2D eigenvalue weighted by atomic mass is 16.5. The number of furan rings is 1. The van der Waals surface area contributed by atoms with Gasteiger partial charge in [-0.25, -0.2) is 0 Å². The monoisotopic (exact) mass is 316 g/mol. The predicted molar refractivity (Wildman–Crippen MR) is 86.0 cm³/mol. The summed E-state index contributed by atoms with van der Waals surface area (Å²) in [6, 6.07) is 10.6. The van der Waals surface area contributed by atoms with E-state index >= 15 is 0 Å². The minimum Gasteiger partial charge on any atom is -0.494 e. The Hall–Kier alpha value is -2.76. The number of carbonyl (C=O) groups excluding carboxylic acids is 2. The maximum Gasteiger partial charge on any atom is 0.244 e. The molecule has 0 saturated carbocycles. The molecule has 2 aromatic rings. The molecule has 0 saturated heterocycles. The van der Waals surface area contributed by atoms with Crippen LogP contribution in [0.3, 0.4) is 0 Å². The average molecular weight is 316 g/mol. The molecule has 1 N–H and O–H groups in total. The van der Waals surface area contributed by atoms with E-state index in [1.165, 1.54) is 18.1 Å². The van der Waals surface area contributed by atoms with Crippen molar-refractivity contribution >= 4 is 17.5 Å². The van der Waals surface area contributed by atoms with Crippen LogP contribution >= 0.6 is 0 Å². The van der Waals surface area contributed by atoms with Gasteiger partial charge in [0.15, 0.2) is 0 Å². The zero-order valence-electron chi connectivity index (χ0n) is 13.2. The summed E-state index contributed by atoms with van der Waals surface area (Å²) in [6.07, 6.45) is 1.54. The smallest absolute Gasteiger partial charge is 0.244 e. The van der Waals surface area contributed by atoms with Gasteiger partial charge >= 0.3 is 0 Å². The lowest BCUT2D eigenvalue weighted by atomic mass is 10.3. The lowest BCUT2D eigenvalue weighted by Gasteiger charge is -2.19. The van der Waals surface area contributed by atoms with Crippen LogP contribution in [0, 0.1) is 0 Å². The van der Waals surface area contributed by atoms with Crippen molar-refractivity contribution < 1.29 is 18.7 Å². The van der Waals surface area contributed by atoms with Gasteiger partial charge in [-0.3, -0.25) is 9.59 Å². The lowest BCUT2D eigenvalue weighted by Crippen LogP contribution is -2.36. The molecular weight excluding hydrogens is 296 g/mol. The zero-order chi connectivity index (χ0) is 16.7. The molecule has 0 aliphatic rings. The number of amides is 2. The summed E-state index contributed by atoms with van der Waals surface area (Å²) in [4.78, 5) is 25.2. The summed E-state index contributed by atoms with van der Waals surface area (Å²) < 4.78 is 10.6. The highest BCUT2D eigenvalue weighted by Crippen LogP contribution is 2.15. The minimum absolute atomic E-state index is 0.0384. The van der Waals surface area contributed by atoms with Crippen LogP contribution in [0.4, 0.5) is 5.69 Å². The first-order chi connectivity index (χ1) is 11.1. The number of nitrogens with zero attached hydrogens (tertiary/aromatic N) is 1. The molecule has 0 spiro atoms. The van der Waals surface area contributed by atoms with Gasteiger partial charge < -0.3 is 19.4 Å². The molecule has 0 fully saturated rings. The van der Waals surface area contributed by atoms with Crippen molar-refractivity contribution in [3.05, 3.63) is 48.4 Å². The van der Waals surface area contributed by atoms with Crippen LogP contribution in [0.5, 0.6) is 5.75 Å². The summed E-state index contributed by atoms with van der Waals surface area (Å²) in [6.45, 7) is 4.15. The van der Waals surface area contributed by atoms with Crippen molar-refractivity contribution in [3.8, 4) is 5.75 Å². The van der Waals surface area contributed by atoms with E-state index in [9.17, 15) is 9.59 Å². The molecule has 1 heterocycles. The second-order valence-corrected chi connectivity index (χ2v) is 4.96. The van der Waals surface area contributed by atoms with Crippen molar-refractivity contribution in [2.24, 2.45) is 0 Å². The number of carbonyl (C=O) groups is 2. The third kappa shape index (κ3) is 5.18. The SMILES string of the molecule is CCOc1ccc(NC(=O)CN(Cc2ccco2)C(C)=O)cc1. The van der Waals surface area contributed by atoms with Gasteiger partial charge in [0.1, 0.15) is 18.1 Å². The molecule has 2 rings (SSSR count). The second-order valence-electron chi connectivity index (χ2n) is 4.96. The highest BCUT2D eigenvalue weighted by Gasteiger charge is 2.15. The van der Waals surface area contributed by atoms with Crippen LogP contribution < -0.4 is 10.1 Å². The molecule has 0 aliphatic carbocycles. The first-order valence-electron chi connectivity index (χ1n) is 7.39. The Balaban J connectivity index is 1.92. The van der Waals surface area contributed by atoms with Crippen molar-refractivity contribution in [1.29, 1.82) is 0 Å². The zero-order valence-corrected chi connectivity index (χ0v) is 13.2.